The zero-order valence-electron chi connectivity index (χ0n) is 10.8. The molecule has 1 rings (SSSR count). The number of nitro groups is 1. The van der Waals surface area contributed by atoms with Crippen molar-refractivity contribution in [1.29, 1.82) is 0 Å². The number of carbonyl (C=O) groups is 1. The lowest BCUT2D eigenvalue weighted by Gasteiger charge is -2.11. The number of carbonyl (C=O) groups excluding carboxylic acids is 1. The number of rotatable bonds is 5. The van der Waals surface area contributed by atoms with Gasteiger partial charge in [-0.05, 0) is 37.1 Å². The van der Waals surface area contributed by atoms with E-state index < -0.39 is 26.5 Å². The van der Waals surface area contributed by atoms with E-state index in [0.29, 0.717) is 16.8 Å². The van der Waals surface area contributed by atoms with Gasteiger partial charge in [0.05, 0.1) is 4.90 Å². The zero-order valence-corrected chi connectivity index (χ0v) is 12.4. The second kappa shape index (κ2) is 6.19. The van der Waals surface area contributed by atoms with Crippen molar-refractivity contribution in [3.8, 4) is 0 Å². The van der Waals surface area contributed by atoms with Gasteiger partial charge in [-0.2, -0.15) is 0 Å². The number of sulfone groups is 1. The minimum atomic E-state index is -4.01. The molecule has 0 aromatic heterocycles. The molecular formula is C11H13ClN2O5S. The largest absolute Gasteiger partial charge is 0.325 e. The van der Waals surface area contributed by atoms with E-state index in [-0.39, 0.29) is 10.8 Å². The van der Waals surface area contributed by atoms with Crippen LogP contribution < -0.4 is 5.32 Å². The molecule has 1 aromatic carbocycles. The molecule has 0 heterocycles. The first-order valence-electron chi connectivity index (χ1n) is 5.49. The summed E-state index contributed by atoms with van der Waals surface area (Å²) in [6.07, 6.45) is 0. The average molecular weight is 321 g/mol. The number of benzene rings is 1. The van der Waals surface area contributed by atoms with Gasteiger partial charge in [-0.25, -0.2) is 8.42 Å². The predicted molar refractivity (Wildman–Crippen MR) is 74.3 cm³/mol. The van der Waals surface area contributed by atoms with Crippen LogP contribution in [0.1, 0.15) is 11.1 Å². The van der Waals surface area contributed by atoms with Gasteiger partial charge < -0.3 is 5.32 Å². The summed E-state index contributed by atoms with van der Waals surface area (Å²) in [6, 6.07) is 2.87. The second-order valence-electron chi connectivity index (χ2n) is 4.20. The smallest absolute Gasteiger partial charge is 0.305 e. The lowest BCUT2D eigenvalue weighted by Crippen LogP contribution is -2.18. The average Bonchev–Trinajstić information content (AvgIpc) is 2.25. The third-order valence-electron chi connectivity index (χ3n) is 2.45. The van der Waals surface area contributed by atoms with E-state index in [0.717, 1.165) is 0 Å². The maximum absolute atomic E-state index is 11.9. The Bertz CT molecular complexity index is 634. The van der Waals surface area contributed by atoms with Crippen molar-refractivity contribution in [2.24, 2.45) is 0 Å². The Kier molecular flexibility index (Phi) is 5.07. The summed E-state index contributed by atoms with van der Waals surface area (Å²) in [7, 11) is -4.01. The quantitative estimate of drug-likeness (QED) is 0.502. The molecule has 9 heteroatoms. The van der Waals surface area contributed by atoms with Gasteiger partial charge in [-0.1, -0.05) is 0 Å². The van der Waals surface area contributed by atoms with Crippen molar-refractivity contribution < 1.29 is 18.1 Å². The van der Waals surface area contributed by atoms with Crippen LogP contribution in [0.15, 0.2) is 17.0 Å². The highest BCUT2D eigenvalue weighted by atomic mass is 35.5. The molecule has 0 fully saturated rings. The van der Waals surface area contributed by atoms with Crippen molar-refractivity contribution >= 4 is 33.0 Å². The molecular weight excluding hydrogens is 308 g/mol. The summed E-state index contributed by atoms with van der Waals surface area (Å²) in [5, 5.41) is 12.9. The van der Waals surface area contributed by atoms with Crippen molar-refractivity contribution in [3.63, 3.8) is 0 Å². The van der Waals surface area contributed by atoms with Crippen LogP contribution in [0.4, 0.5) is 5.69 Å². The Hall–Kier alpha value is -1.67. The monoisotopic (exact) mass is 320 g/mol. The van der Waals surface area contributed by atoms with Gasteiger partial charge in [0.1, 0.15) is 5.88 Å². The fourth-order valence-corrected chi connectivity index (χ4v) is 3.48. The normalized spacial score (nSPS) is 11.2. The fraction of sp³-hybridized carbons (Fsp3) is 0.364. The molecule has 0 atom stereocenters. The first kappa shape index (κ1) is 16.4. The van der Waals surface area contributed by atoms with Gasteiger partial charge in [0.25, 0.3) is 0 Å². The Balaban J connectivity index is 3.25. The molecule has 0 unspecified atom stereocenters. The number of hydrogen-bond acceptors (Lipinski definition) is 5. The Morgan fingerprint density at radius 2 is 1.85 bits per heavy atom. The number of aryl methyl sites for hydroxylation is 2. The third kappa shape index (κ3) is 3.91. The van der Waals surface area contributed by atoms with Crippen LogP contribution in [0, 0.1) is 24.0 Å². The molecule has 0 aliphatic rings. The zero-order chi connectivity index (χ0) is 15.5. The number of amides is 1. The molecule has 0 spiro atoms. The highest BCUT2D eigenvalue weighted by Crippen LogP contribution is 2.25. The molecule has 20 heavy (non-hydrogen) atoms. The highest BCUT2D eigenvalue weighted by Gasteiger charge is 2.25. The summed E-state index contributed by atoms with van der Waals surface area (Å²) < 4.78 is 23.8. The van der Waals surface area contributed by atoms with Gasteiger partial charge in [-0.3, -0.25) is 14.9 Å². The van der Waals surface area contributed by atoms with Crippen molar-refractivity contribution in [2.45, 2.75) is 18.7 Å². The molecule has 110 valence electrons. The lowest BCUT2D eigenvalue weighted by atomic mass is 10.1. The molecule has 0 aliphatic heterocycles. The van der Waals surface area contributed by atoms with Crippen LogP contribution in [-0.4, -0.2) is 31.0 Å². The van der Waals surface area contributed by atoms with Crippen LogP contribution in [0.5, 0.6) is 0 Å². The summed E-state index contributed by atoms with van der Waals surface area (Å²) >= 11 is 5.36. The summed E-state index contributed by atoms with van der Waals surface area (Å²) in [5.41, 5.74) is 1.05. The molecule has 7 nitrogen and oxygen atoms in total. The predicted octanol–water partition coefficient (Wildman–Crippen LogP) is 1.49. The van der Waals surface area contributed by atoms with Crippen LogP contribution in [0.25, 0.3) is 0 Å². The van der Waals surface area contributed by atoms with E-state index in [1.807, 2.05) is 0 Å². The highest BCUT2D eigenvalue weighted by molar-refractivity contribution is 7.91. The van der Waals surface area contributed by atoms with Gasteiger partial charge in [0.15, 0.2) is 0 Å². The second-order valence-corrected chi connectivity index (χ2v) is 6.36. The SMILES string of the molecule is Cc1cc(NC(=O)CCl)cc(C)c1S(=O)(=O)C[N+](=O)[O-]. The molecule has 0 radical (unpaired) electrons. The Morgan fingerprint density at radius 3 is 2.25 bits per heavy atom. The summed E-state index contributed by atoms with van der Waals surface area (Å²) in [5.74, 6) is -1.81. The topological polar surface area (TPSA) is 106 Å². The van der Waals surface area contributed by atoms with Crippen molar-refractivity contribution in [1.82, 2.24) is 0 Å². The van der Waals surface area contributed by atoms with Crippen molar-refractivity contribution in [3.05, 3.63) is 33.4 Å². The van der Waals surface area contributed by atoms with Crippen LogP contribution in [0.3, 0.4) is 0 Å². The van der Waals surface area contributed by atoms with E-state index in [4.69, 9.17) is 11.6 Å². The van der Waals surface area contributed by atoms with Crippen LogP contribution in [0.2, 0.25) is 0 Å². The number of nitrogens with zero attached hydrogens (tertiary/aromatic N) is 1. The molecule has 1 N–H and O–H groups in total. The van der Waals surface area contributed by atoms with E-state index >= 15 is 0 Å². The van der Waals surface area contributed by atoms with E-state index in [9.17, 15) is 23.3 Å². The minimum Gasteiger partial charge on any atom is -0.325 e. The molecule has 0 saturated carbocycles. The van der Waals surface area contributed by atoms with Gasteiger partial charge in [0.2, 0.25) is 15.7 Å². The maximum Gasteiger partial charge on any atom is 0.305 e. The Labute approximate surface area is 121 Å². The number of hydrogen-bond donors (Lipinski definition) is 1. The minimum absolute atomic E-state index is 0.0851. The van der Waals surface area contributed by atoms with E-state index in [1.165, 1.54) is 26.0 Å². The van der Waals surface area contributed by atoms with E-state index in [1.54, 1.807) is 0 Å². The molecule has 1 amide bonds. The summed E-state index contributed by atoms with van der Waals surface area (Å²) in [6.45, 7) is 3.02. The first-order valence-corrected chi connectivity index (χ1v) is 7.67. The van der Waals surface area contributed by atoms with Gasteiger partial charge in [0, 0.05) is 10.6 Å². The van der Waals surface area contributed by atoms with E-state index in [2.05, 4.69) is 5.32 Å². The molecule has 0 saturated heterocycles. The third-order valence-corrected chi connectivity index (χ3v) is 4.51. The summed E-state index contributed by atoms with van der Waals surface area (Å²) in [4.78, 5) is 20.6. The molecule has 0 bridgehead atoms. The Morgan fingerprint density at radius 1 is 1.35 bits per heavy atom. The fourth-order valence-electron chi connectivity index (χ4n) is 1.91. The van der Waals surface area contributed by atoms with Crippen molar-refractivity contribution in [2.75, 3.05) is 17.1 Å². The number of halogens is 1. The number of anilines is 1. The lowest BCUT2D eigenvalue weighted by molar-refractivity contribution is -0.458. The molecule has 0 aliphatic carbocycles. The molecule has 1 aromatic rings. The first-order chi connectivity index (χ1) is 9.17. The van der Waals surface area contributed by atoms with Crippen LogP contribution in [-0.2, 0) is 14.6 Å². The maximum atomic E-state index is 11.9. The standard InChI is InChI=1S/C11H13ClN2O5S/c1-7-3-9(13-10(15)5-12)4-8(2)11(7)20(18,19)6-14(16)17/h3-4H,5-6H2,1-2H3,(H,13,15). The van der Waals surface area contributed by atoms with Gasteiger partial charge in [-0.15, -0.1) is 11.6 Å². The van der Waals surface area contributed by atoms with Crippen LogP contribution >= 0.6 is 11.6 Å². The van der Waals surface area contributed by atoms with Gasteiger partial charge >= 0.3 is 5.88 Å². The number of nitrogens with one attached hydrogen (secondary N) is 1. The number of alkyl halides is 1.